The number of nitrogens with one attached hydrogen (secondary N) is 1. The molecule has 0 bridgehead atoms. The summed E-state index contributed by atoms with van der Waals surface area (Å²) in [6, 6.07) is 8.27. The molecule has 344 valence electrons. The van der Waals surface area contributed by atoms with E-state index in [1.807, 2.05) is 7.05 Å². The molecule has 12 nitrogen and oxygen atoms in total. The molecule has 61 heavy (non-hydrogen) atoms. The van der Waals surface area contributed by atoms with E-state index in [0.717, 1.165) is 43.4 Å². The second-order valence-electron chi connectivity index (χ2n) is 21.7. The van der Waals surface area contributed by atoms with Gasteiger partial charge < -0.3 is 55.3 Å². The van der Waals surface area contributed by atoms with E-state index in [2.05, 4.69) is 77.2 Å². The van der Waals surface area contributed by atoms with E-state index in [9.17, 15) is 40.5 Å². The molecule has 1 aromatic rings. The molecular formula is C49H77NO11. The fourth-order valence-corrected chi connectivity index (χ4v) is 15.1. The quantitative estimate of drug-likeness (QED) is 0.0902. The highest BCUT2D eigenvalue weighted by molar-refractivity contribution is 5.77. The number of aliphatic hydroxyl groups excluding tert-OH is 6. The summed E-state index contributed by atoms with van der Waals surface area (Å²) in [6.07, 6.45) is 2.40. The third kappa shape index (κ3) is 7.48. The Morgan fingerprint density at radius 1 is 0.918 bits per heavy atom. The molecule has 5 fully saturated rings. The number of aliphatic hydroxyl groups is 6. The summed E-state index contributed by atoms with van der Waals surface area (Å²) in [5.74, 6) is -0.860. The molecule has 0 amide bonds. The van der Waals surface area contributed by atoms with Crippen molar-refractivity contribution in [3.63, 3.8) is 0 Å². The van der Waals surface area contributed by atoms with Crippen LogP contribution in [0.15, 0.2) is 35.9 Å². The van der Waals surface area contributed by atoms with Gasteiger partial charge in [-0.3, -0.25) is 4.79 Å². The van der Waals surface area contributed by atoms with E-state index >= 15 is 0 Å². The number of allylic oxidation sites excluding steroid dienone is 2. The first-order valence-corrected chi connectivity index (χ1v) is 23.3. The van der Waals surface area contributed by atoms with Crippen molar-refractivity contribution >= 4 is 5.97 Å². The largest absolute Gasteiger partial charge is 0.481 e. The molecule has 0 radical (unpaired) electrons. The number of rotatable bonds is 14. The highest BCUT2D eigenvalue weighted by Crippen LogP contribution is 2.78. The number of hydrogen-bond donors (Lipinski definition) is 8. The predicted molar refractivity (Wildman–Crippen MR) is 230 cm³/mol. The third-order valence-electron chi connectivity index (χ3n) is 18.5. The maximum atomic E-state index is 13.7. The van der Waals surface area contributed by atoms with Gasteiger partial charge in [0.05, 0.1) is 37.4 Å². The van der Waals surface area contributed by atoms with Crippen LogP contribution < -0.4 is 5.32 Å². The molecule has 7 rings (SSSR count). The molecule has 1 saturated heterocycles. The van der Waals surface area contributed by atoms with E-state index < -0.39 is 59.0 Å². The SMILES string of the molecule is CC[C@H]1C[C@@]2(C(=O)O)CC[C@](C)(CO)C[C@H]2C2=C[C@H](CCCO)[C@@H]3[C@@]4(C)C[C@@H](OCc5ccc(CNC)cc5)[C@@H](O[C@@H]5OC[C@@H](O)[C@H](O)[C@H]5O)[C@@](C)(CO)[C@H]4CC[C@@]3(C)[C@@]21C. The van der Waals surface area contributed by atoms with Crippen LogP contribution in [-0.2, 0) is 32.2 Å². The van der Waals surface area contributed by atoms with E-state index in [0.29, 0.717) is 38.5 Å². The van der Waals surface area contributed by atoms with Crippen LogP contribution in [0.25, 0.3) is 0 Å². The number of carboxylic acids is 1. The van der Waals surface area contributed by atoms with Gasteiger partial charge in [0.25, 0.3) is 0 Å². The van der Waals surface area contributed by atoms with Gasteiger partial charge in [0.15, 0.2) is 6.29 Å². The van der Waals surface area contributed by atoms with Gasteiger partial charge in [0, 0.05) is 25.2 Å². The van der Waals surface area contributed by atoms with Crippen molar-refractivity contribution in [2.45, 2.75) is 156 Å². The second-order valence-corrected chi connectivity index (χ2v) is 21.7. The van der Waals surface area contributed by atoms with Gasteiger partial charge >= 0.3 is 5.97 Å². The average Bonchev–Trinajstić information content (AvgIpc) is 3.23. The maximum absolute atomic E-state index is 13.7. The van der Waals surface area contributed by atoms with Crippen LogP contribution in [0.1, 0.15) is 117 Å². The zero-order valence-electron chi connectivity index (χ0n) is 37.8. The van der Waals surface area contributed by atoms with Crippen molar-refractivity contribution < 1.29 is 54.8 Å². The van der Waals surface area contributed by atoms with Crippen molar-refractivity contribution in [1.29, 1.82) is 0 Å². The van der Waals surface area contributed by atoms with Gasteiger partial charge in [-0.05, 0) is 127 Å². The zero-order chi connectivity index (χ0) is 44.3. The third-order valence-corrected chi connectivity index (χ3v) is 18.5. The van der Waals surface area contributed by atoms with Crippen LogP contribution in [0.2, 0.25) is 0 Å². The molecule has 1 aromatic carbocycles. The Hall–Kier alpha value is -1.97. The zero-order valence-corrected chi connectivity index (χ0v) is 37.8. The molecule has 4 saturated carbocycles. The molecule has 0 unspecified atom stereocenters. The molecular weight excluding hydrogens is 779 g/mol. The number of aliphatic carboxylic acids is 1. The van der Waals surface area contributed by atoms with Crippen molar-refractivity contribution in [2.75, 3.05) is 33.5 Å². The lowest BCUT2D eigenvalue weighted by atomic mass is 9.30. The van der Waals surface area contributed by atoms with E-state index in [1.165, 1.54) is 5.57 Å². The molecule has 6 aliphatic rings. The number of benzene rings is 1. The molecule has 8 N–H and O–H groups in total. The van der Waals surface area contributed by atoms with Crippen molar-refractivity contribution in [1.82, 2.24) is 5.32 Å². The summed E-state index contributed by atoms with van der Waals surface area (Å²) < 4.78 is 19.7. The minimum Gasteiger partial charge on any atom is -0.481 e. The first-order valence-electron chi connectivity index (χ1n) is 23.3. The molecule has 5 aliphatic carbocycles. The number of carboxylic acid groups (broad SMARTS) is 1. The number of fused-ring (bicyclic) bond motifs is 7. The molecule has 0 spiro atoms. The molecule has 0 aromatic heterocycles. The van der Waals surface area contributed by atoms with E-state index in [-0.39, 0.29) is 78.9 Å². The topological polar surface area (TPSA) is 198 Å². The van der Waals surface area contributed by atoms with E-state index in [1.54, 1.807) is 0 Å². The Morgan fingerprint density at radius 2 is 1.62 bits per heavy atom. The Morgan fingerprint density at radius 3 is 2.25 bits per heavy atom. The Balaban J connectivity index is 1.36. The smallest absolute Gasteiger partial charge is 0.310 e. The fraction of sp³-hybridized carbons (Fsp3) is 0.816. The molecule has 12 heteroatoms. The lowest BCUT2D eigenvalue weighted by Gasteiger charge is -2.74. The summed E-state index contributed by atoms with van der Waals surface area (Å²) >= 11 is 0. The Bertz CT molecular complexity index is 1740. The first kappa shape index (κ1) is 47.0. The number of carbonyl (C=O) groups is 1. The monoisotopic (exact) mass is 856 g/mol. The van der Waals surface area contributed by atoms with Crippen LogP contribution in [0, 0.1) is 62.1 Å². The molecule has 17 atom stereocenters. The normalized spacial score (nSPS) is 47.0. The standard InChI is InChI=1S/C49H77NO11/c1-8-32-21-49(43(57)58)18-17-44(2,27-52)22-34(49)33-20-31(10-9-19-51)40-45(3)23-36(59-25-30-13-11-29(12-14-30)24-50-7)41(61-42-39(56)38(55)35(54)26-60-42)46(4,28-53)37(45)15-16-47(40,5)48(32,33)6/h11-14,20,31-32,34-42,50-56H,8-10,15-19,21-28H2,1-7H3,(H,57,58)/t31-,32-,34-,35+,36+,37-,38-,39+,40+,41+,42-,44-,45-,46-,47+,48+,49-/m0/s1. The highest BCUT2D eigenvalue weighted by atomic mass is 16.7. The Kier molecular flexibility index (Phi) is 13.4. The van der Waals surface area contributed by atoms with Gasteiger partial charge in [-0.25, -0.2) is 0 Å². The Labute approximate surface area is 363 Å². The summed E-state index contributed by atoms with van der Waals surface area (Å²) in [5, 5.41) is 79.4. The van der Waals surface area contributed by atoms with Gasteiger partial charge in [0.1, 0.15) is 18.3 Å². The molecule has 1 heterocycles. The van der Waals surface area contributed by atoms with Crippen LogP contribution in [0.4, 0.5) is 0 Å². The predicted octanol–water partition coefficient (Wildman–Crippen LogP) is 5.19. The number of ether oxygens (including phenoxy) is 3. The lowest BCUT2D eigenvalue weighted by Crippen LogP contribution is -2.71. The van der Waals surface area contributed by atoms with Crippen LogP contribution in [-0.4, -0.2) is 112 Å². The summed E-state index contributed by atoms with van der Waals surface area (Å²) in [5.41, 5.74) is 0.0872. The average molecular weight is 856 g/mol. The van der Waals surface area contributed by atoms with Crippen molar-refractivity contribution in [3.8, 4) is 0 Å². The fourth-order valence-electron chi connectivity index (χ4n) is 15.1. The van der Waals surface area contributed by atoms with Crippen molar-refractivity contribution in [2.24, 2.45) is 62.1 Å². The minimum atomic E-state index is -1.51. The highest BCUT2D eigenvalue weighted by Gasteiger charge is 2.74. The van der Waals surface area contributed by atoms with Crippen LogP contribution in [0.5, 0.6) is 0 Å². The van der Waals surface area contributed by atoms with E-state index in [4.69, 9.17) is 14.2 Å². The van der Waals surface area contributed by atoms with Gasteiger partial charge in [-0.2, -0.15) is 0 Å². The number of hydrogen-bond acceptors (Lipinski definition) is 11. The van der Waals surface area contributed by atoms with Crippen LogP contribution in [0.3, 0.4) is 0 Å². The summed E-state index contributed by atoms with van der Waals surface area (Å²) in [7, 11) is 1.91. The minimum absolute atomic E-state index is 0.00153. The second kappa shape index (κ2) is 17.4. The summed E-state index contributed by atoms with van der Waals surface area (Å²) in [4.78, 5) is 13.7. The first-order chi connectivity index (χ1) is 28.9. The van der Waals surface area contributed by atoms with Gasteiger partial charge in [0.2, 0.25) is 0 Å². The lowest BCUT2D eigenvalue weighted by molar-refractivity contribution is -0.334. The van der Waals surface area contributed by atoms with Crippen molar-refractivity contribution in [3.05, 3.63) is 47.0 Å². The summed E-state index contributed by atoms with van der Waals surface area (Å²) in [6.45, 7) is 14.3. The maximum Gasteiger partial charge on any atom is 0.310 e. The van der Waals surface area contributed by atoms with Crippen LogP contribution >= 0.6 is 0 Å². The van der Waals surface area contributed by atoms with Gasteiger partial charge in [-0.15, -0.1) is 0 Å². The van der Waals surface area contributed by atoms with Gasteiger partial charge in [-0.1, -0.05) is 83.9 Å². The molecule has 1 aliphatic heterocycles.